The van der Waals surface area contributed by atoms with Crippen LogP contribution in [0.1, 0.15) is 19.5 Å². The van der Waals surface area contributed by atoms with E-state index in [0.717, 1.165) is 5.69 Å². The maximum atomic E-state index is 5.30. The number of hydrogen-bond acceptors (Lipinski definition) is 3. The van der Waals surface area contributed by atoms with Crippen molar-refractivity contribution in [1.82, 2.24) is 9.97 Å². The van der Waals surface area contributed by atoms with Crippen LogP contribution in [0.25, 0.3) is 0 Å². The van der Waals surface area contributed by atoms with Crippen molar-refractivity contribution in [3.05, 3.63) is 29.6 Å². The summed E-state index contributed by atoms with van der Waals surface area (Å²) in [6.45, 7) is 6.50. The van der Waals surface area contributed by atoms with E-state index >= 15 is 0 Å². The molecule has 0 unspecified atom stereocenters. The van der Waals surface area contributed by atoms with Crippen LogP contribution in [0, 0.1) is 6.92 Å². The minimum atomic E-state index is 0.442. The van der Waals surface area contributed by atoms with Gasteiger partial charge in [0.25, 0.3) is 0 Å². The highest BCUT2D eigenvalue weighted by molar-refractivity contribution is 5.04. The van der Waals surface area contributed by atoms with Crippen molar-refractivity contribution < 1.29 is 4.74 Å². The number of aryl methyl sites for hydroxylation is 1. The summed E-state index contributed by atoms with van der Waals surface area (Å²) >= 11 is 0. The average molecular weight is 178 g/mol. The Kier molecular flexibility index (Phi) is 3.43. The van der Waals surface area contributed by atoms with E-state index in [1.807, 2.05) is 32.9 Å². The van der Waals surface area contributed by atoms with Crippen molar-refractivity contribution in [3.63, 3.8) is 0 Å². The Morgan fingerprint density at radius 3 is 2.92 bits per heavy atom. The SMILES string of the molecule is CC(C)=CCOc1nccc(C)n1. The maximum Gasteiger partial charge on any atom is 0.316 e. The van der Waals surface area contributed by atoms with Crippen molar-refractivity contribution in [2.75, 3.05) is 6.61 Å². The fourth-order valence-corrected chi connectivity index (χ4v) is 0.778. The van der Waals surface area contributed by atoms with E-state index in [0.29, 0.717) is 12.6 Å². The lowest BCUT2D eigenvalue weighted by atomic mass is 10.3. The molecule has 0 amide bonds. The Labute approximate surface area is 78.5 Å². The lowest BCUT2D eigenvalue weighted by Gasteiger charge is -2.00. The summed E-state index contributed by atoms with van der Waals surface area (Å²) in [7, 11) is 0. The second-order valence-electron chi connectivity index (χ2n) is 3.07. The van der Waals surface area contributed by atoms with Crippen molar-refractivity contribution >= 4 is 0 Å². The lowest BCUT2D eigenvalue weighted by Crippen LogP contribution is -1.99. The summed E-state index contributed by atoms with van der Waals surface area (Å²) in [5.41, 5.74) is 2.15. The number of hydrogen-bond donors (Lipinski definition) is 0. The molecule has 1 aromatic heterocycles. The Bertz CT molecular complexity index is 304. The Morgan fingerprint density at radius 1 is 1.54 bits per heavy atom. The first kappa shape index (κ1) is 9.71. The van der Waals surface area contributed by atoms with Crippen LogP contribution in [0.5, 0.6) is 6.01 Å². The molecule has 0 bridgehead atoms. The molecular weight excluding hydrogens is 164 g/mol. The molecule has 3 heteroatoms. The zero-order valence-electron chi connectivity index (χ0n) is 8.24. The van der Waals surface area contributed by atoms with E-state index in [-0.39, 0.29) is 0 Å². The predicted octanol–water partition coefficient (Wildman–Crippen LogP) is 2.13. The minimum absolute atomic E-state index is 0.442. The van der Waals surface area contributed by atoms with Gasteiger partial charge in [0.1, 0.15) is 6.61 Å². The highest BCUT2D eigenvalue weighted by Crippen LogP contribution is 2.01. The van der Waals surface area contributed by atoms with Gasteiger partial charge in [0.15, 0.2) is 0 Å². The predicted molar refractivity (Wildman–Crippen MR) is 51.7 cm³/mol. The molecule has 0 N–H and O–H groups in total. The van der Waals surface area contributed by atoms with Crippen LogP contribution in [0.15, 0.2) is 23.9 Å². The number of ether oxygens (including phenoxy) is 1. The molecule has 0 saturated heterocycles. The standard InChI is InChI=1S/C10H14N2O/c1-8(2)5-7-13-10-11-6-4-9(3)12-10/h4-6H,7H2,1-3H3. The van der Waals surface area contributed by atoms with Gasteiger partial charge in [0.2, 0.25) is 0 Å². The van der Waals surface area contributed by atoms with Crippen molar-refractivity contribution in [2.45, 2.75) is 20.8 Å². The van der Waals surface area contributed by atoms with E-state index in [1.165, 1.54) is 5.57 Å². The molecule has 0 fully saturated rings. The molecule has 0 atom stereocenters. The summed E-state index contributed by atoms with van der Waals surface area (Å²) in [5, 5.41) is 0. The number of nitrogens with zero attached hydrogens (tertiary/aromatic N) is 2. The quantitative estimate of drug-likeness (QED) is 0.665. The zero-order valence-corrected chi connectivity index (χ0v) is 8.24. The van der Waals surface area contributed by atoms with Gasteiger partial charge >= 0.3 is 6.01 Å². The van der Waals surface area contributed by atoms with Crippen LogP contribution in [0.2, 0.25) is 0 Å². The Morgan fingerprint density at radius 2 is 2.31 bits per heavy atom. The van der Waals surface area contributed by atoms with Crippen LogP contribution in [0.3, 0.4) is 0 Å². The molecule has 13 heavy (non-hydrogen) atoms. The number of rotatable bonds is 3. The molecule has 0 aromatic carbocycles. The second-order valence-corrected chi connectivity index (χ2v) is 3.07. The smallest absolute Gasteiger partial charge is 0.316 e. The fourth-order valence-electron chi connectivity index (χ4n) is 0.778. The zero-order chi connectivity index (χ0) is 9.68. The van der Waals surface area contributed by atoms with Gasteiger partial charge in [-0.25, -0.2) is 9.97 Å². The Hall–Kier alpha value is -1.38. The van der Waals surface area contributed by atoms with E-state index in [2.05, 4.69) is 9.97 Å². The maximum absolute atomic E-state index is 5.30. The highest BCUT2D eigenvalue weighted by Gasteiger charge is 1.94. The third kappa shape index (κ3) is 3.69. The molecule has 0 spiro atoms. The third-order valence-electron chi connectivity index (χ3n) is 1.48. The van der Waals surface area contributed by atoms with Gasteiger partial charge in [-0.3, -0.25) is 0 Å². The summed E-state index contributed by atoms with van der Waals surface area (Å²) in [5.74, 6) is 0. The normalized spacial score (nSPS) is 9.46. The molecule has 0 aliphatic carbocycles. The highest BCUT2D eigenvalue weighted by atomic mass is 16.5. The molecule has 1 rings (SSSR count). The Balaban J connectivity index is 2.50. The van der Waals surface area contributed by atoms with Crippen LogP contribution < -0.4 is 4.74 Å². The van der Waals surface area contributed by atoms with Crippen LogP contribution in [-0.2, 0) is 0 Å². The average Bonchev–Trinajstić information content (AvgIpc) is 2.03. The van der Waals surface area contributed by atoms with Gasteiger partial charge in [-0.15, -0.1) is 0 Å². The molecule has 0 saturated carbocycles. The summed E-state index contributed by atoms with van der Waals surface area (Å²) in [4.78, 5) is 8.08. The van der Waals surface area contributed by atoms with Gasteiger partial charge in [0.05, 0.1) is 0 Å². The number of aromatic nitrogens is 2. The molecule has 1 aromatic rings. The van der Waals surface area contributed by atoms with Gasteiger partial charge in [-0.2, -0.15) is 0 Å². The summed E-state index contributed by atoms with van der Waals surface area (Å²) in [6.07, 6.45) is 3.69. The largest absolute Gasteiger partial charge is 0.459 e. The summed E-state index contributed by atoms with van der Waals surface area (Å²) < 4.78 is 5.30. The summed E-state index contributed by atoms with van der Waals surface area (Å²) in [6, 6.07) is 2.28. The second kappa shape index (κ2) is 4.60. The molecule has 3 nitrogen and oxygen atoms in total. The van der Waals surface area contributed by atoms with Gasteiger partial charge in [-0.05, 0) is 32.9 Å². The molecule has 0 aliphatic rings. The van der Waals surface area contributed by atoms with Crippen LogP contribution in [-0.4, -0.2) is 16.6 Å². The van der Waals surface area contributed by atoms with E-state index in [4.69, 9.17) is 4.74 Å². The fraction of sp³-hybridized carbons (Fsp3) is 0.400. The first-order chi connectivity index (χ1) is 6.18. The first-order valence-electron chi connectivity index (χ1n) is 4.24. The molecule has 0 aliphatic heterocycles. The molecule has 70 valence electrons. The van der Waals surface area contributed by atoms with Crippen molar-refractivity contribution in [3.8, 4) is 6.01 Å². The van der Waals surface area contributed by atoms with Crippen molar-refractivity contribution in [1.29, 1.82) is 0 Å². The van der Waals surface area contributed by atoms with E-state index < -0.39 is 0 Å². The topological polar surface area (TPSA) is 35.0 Å². The lowest BCUT2D eigenvalue weighted by molar-refractivity contribution is 0.331. The molecule has 1 heterocycles. The van der Waals surface area contributed by atoms with Gasteiger partial charge in [0, 0.05) is 11.9 Å². The van der Waals surface area contributed by atoms with Gasteiger partial charge < -0.3 is 4.74 Å². The molecule has 0 radical (unpaired) electrons. The van der Waals surface area contributed by atoms with Gasteiger partial charge in [-0.1, -0.05) is 5.57 Å². The van der Waals surface area contributed by atoms with Crippen LogP contribution in [0.4, 0.5) is 0 Å². The molecular formula is C10H14N2O. The first-order valence-corrected chi connectivity index (χ1v) is 4.24. The van der Waals surface area contributed by atoms with Crippen molar-refractivity contribution in [2.24, 2.45) is 0 Å². The minimum Gasteiger partial charge on any atom is -0.459 e. The van der Waals surface area contributed by atoms with E-state index in [9.17, 15) is 0 Å². The third-order valence-corrected chi connectivity index (χ3v) is 1.48. The van der Waals surface area contributed by atoms with E-state index in [1.54, 1.807) is 6.20 Å². The monoisotopic (exact) mass is 178 g/mol. The van der Waals surface area contributed by atoms with Crippen LogP contribution >= 0.6 is 0 Å². The number of allylic oxidation sites excluding steroid dienone is 1.